The largest absolute Gasteiger partial charge is 0.496 e. The number of carbonyl (C=O) groups excluding carboxylic acids is 1. The summed E-state index contributed by atoms with van der Waals surface area (Å²) in [5, 5.41) is 11.0. The number of ether oxygens (including phenoxy) is 2. The summed E-state index contributed by atoms with van der Waals surface area (Å²) in [5.74, 6) is 1.76. The zero-order valence-electron chi connectivity index (χ0n) is 18.6. The van der Waals surface area contributed by atoms with Crippen LogP contribution in [0.25, 0.3) is 11.4 Å². The van der Waals surface area contributed by atoms with E-state index in [1.54, 1.807) is 7.11 Å². The molecule has 0 radical (unpaired) electrons. The smallest absolute Gasteiger partial charge is 0.273 e. The molecule has 1 aromatic heterocycles. The molecule has 1 heterocycles. The number of methoxy groups -OCH3 is 1. The van der Waals surface area contributed by atoms with Crippen LogP contribution in [0.2, 0.25) is 0 Å². The quantitative estimate of drug-likeness (QED) is 0.506. The van der Waals surface area contributed by atoms with Crippen LogP contribution in [0.1, 0.15) is 31.5 Å². The van der Waals surface area contributed by atoms with Gasteiger partial charge in [0, 0.05) is 24.9 Å². The maximum Gasteiger partial charge on any atom is 0.273 e. The minimum atomic E-state index is -0.348. The van der Waals surface area contributed by atoms with Gasteiger partial charge in [-0.05, 0) is 56.2 Å². The van der Waals surface area contributed by atoms with Crippen molar-refractivity contribution in [2.75, 3.05) is 13.7 Å². The molecule has 0 fully saturated rings. The van der Waals surface area contributed by atoms with Gasteiger partial charge in [-0.25, -0.2) is 0 Å². The molecule has 0 spiro atoms. The first-order valence-corrected chi connectivity index (χ1v) is 10.6. The minimum Gasteiger partial charge on any atom is -0.496 e. The van der Waals surface area contributed by atoms with Gasteiger partial charge < -0.3 is 19.8 Å². The summed E-state index contributed by atoms with van der Waals surface area (Å²) in [6.45, 7) is 4.39. The van der Waals surface area contributed by atoms with Gasteiger partial charge >= 0.3 is 0 Å². The van der Waals surface area contributed by atoms with Gasteiger partial charge in [0.1, 0.15) is 17.2 Å². The molecule has 3 aromatic rings. The second kappa shape index (κ2) is 11.1. The molecule has 32 heavy (non-hydrogen) atoms. The van der Waals surface area contributed by atoms with E-state index in [0.29, 0.717) is 18.8 Å². The van der Waals surface area contributed by atoms with Gasteiger partial charge in [-0.2, -0.15) is 0 Å². The summed E-state index contributed by atoms with van der Waals surface area (Å²) in [5.41, 5.74) is 1.64. The van der Waals surface area contributed by atoms with Gasteiger partial charge in [0.25, 0.3) is 5.56 Å². The third kappa shape index (κ3) is 6.41. The Morgan fingerprint density at radius 2 is 1.81 bits per heavy atom. The first kappa shape index (κ1) is 23.0. The number of aromatic nitrogens is 3. The second-order valence-corrected chi connectivity index (χ2v) is 7.55. The monoisotopic (exact) mass is 436 g/mol. The van der Waals surface area contributed by atoms with Crippen LogP contribution in [-0.2, 0) is 17.6 Å². The van der Waals surface area contributed by atoms with E-state index in [9.17, 15) is 9.59 Å². The van der Waals surface area contributed by atoms with Crippen molar-refractivity contribution in [3.05, 3.63) is 70.1 Å². The minimum absolute atomic E-state index is 0.0816. The van der Waals surface area contributed by atoms with Gasteiger partial charge in [0.05, 0.1) is 13.2 Å². The molecule has 0 saturated heterocycles. The van der Waals surface area contributed by atoms with Crippen LogP contribution in [0.3, 0.4) is 0 Å². The Bertz CT molecular complexity index is 1090. The number of aromatic amines is 1. The molecule has 0 bridgehead atoms. The Morgan fingerprint density at radius 3 is 2.50 bits per heavy atom. The Morgan fingerprint density at radius 1 is 1.06 bits per heavy atom. The van der Waals surface area contributed by atoms with Crippen LogP contribution in [-0.4, -0.2) is 40.8 Å². The first-order chi connectivity index (χ1) is 15.5. The van der Waals surface area contributed by atoms with E-state index < -0.39 is 0 Å². The standard InChI is InChI=1S/C24H28N4O4/c1-16(2)32-19-10-8-18(9-11-19)23-26-24(30)20(27-28-23)12-13-22(29)25-15-14-17-6-4-5-7-21(17)31-3/h4-11,16H,12-15H2,1-3H3,(H,25,29)(H,26,28,30). The van der Waals surface area contributed by atoms with Crippen molar-refractivity contribution in [2.45, 2.75) is 39.2 Å². The van der Waals surface area contributed by atoms with E-state index in [4.69, 9.17) is 9.47 Å². The van der Waals surface area contributed by atoms with Gasteiger partial charge in [-0.1, -0.05) is 18.2 Å². The molecule has 168 valence electrons. The number of rotatable bonds is 10. The molecule has 2 N–H and O–H groups in total. The Labute approximate surface area is 187 Å². The summed E-state index contributed by atoms with van der Waals surface area (Å²) >= 11 is 0. The molecule has 3 rings (SSSR count). The van der Waals surface area contributed by atoms with Crippen LogP contribution in [0.5, 0.6) is 11.5 Å². The normalized spacial score (nSPS) is 10.8. The molecule has 0 unspecified atom stereocenters. The number of carbonyl (C=O) groups is 1. The van der Waals surface area contributed by atoms with Crippen molar-refractivity contribution < 1.29 is 14.3 Å². The predicted molar refractivity (Wildman–Crippen MR) is 122 cm³/mol. The number of H-pyrrole nitrogens is 1. The van der Waals surface area contributed by atoms with Gasteiger partial charge in [0.2, 0.25) is 5.91 Å². The molecule has 8 nitrogen and oxygen atoms in total. The Kier molecular flexibility index (Phi) is 7.96. The highest BCUT2D eigenvalue weighted by Crippen LogP contribution is 2.19. The van der Waals surface area contributed by atoms with Crippen molar-refractivity contribution in [1.29, 1.82) is 0 Å². The van der Waals surface area contributed by atoms with E-state index in [-0.39, 0.29) is 36.1 Å². The van der Waals surface area contributed by atoms with E-state index in [1.165, 1.54) is 0 Å². The van der Waals surface area contributed by atoms with E-state index >= 15 is 0 Å². The highest BCUT2D eigenvalue weighted by molar-refractivity contribution is 5.76. The van der Waals surface area contributed by atoms with Crippen LogP contribution < -0.4 is 20.3 Å². The lowest BCUT2D eigenvalue weighted by atomic mass is 10.1. The number of para-hydroxylation sites is 1. The van der Waals surface area contributed by atoms with Gasteiger partial charge in [-0.15, -0.1) is 10.2 Å². The van der Waals surface area contributed by atoms with Crippen LogP contribution in [0, 0.1) is 0 Å². The molecule has 0 atom stereocenters. The molecule has 0 aliphatic rings. The number of hydrogen-bond donors (Lipinski definition) is 2. The molecule has 0 saturated carbocycles. The molecule has 2 aromatic carbocycles. The summed E-state index contributed by atoms with van der Waals surface area (Å²) in [6.07, 6.45) is 1.11. The van der Waals surface area contributed by atoms with Crippen molar-refractivity contribution in [1.82, 2.24) is 20.5 Å². The number of nitrogens with zero attached hydrogens (tertiary/aromatic N) is 2. The summed E-state index contributed by atoms with van der Waals surface area (Å²) < 4.78 is 10.9. The fourth-order valence-corrected chi connectivity index (χ4v) is 3.18. The highest BCUT2D eigenvalue weighted by atomic mass is 16.5. The van der Waals surface area contributed by atoms with Gasteiger partial charge in [0.15, 0.2) is 5.82 Å². The van der Waals surface area contributed by atoms with Crippen LogP contribution in [0.4, 0.5) is 0 Å². The average Bonchev–Trinajstić information content (AvgIpc) is 2.78. The van der Waals surface area contributed by atoms with Crippen molar-refractivity contribution in [3.8, 4) is 22.9 Å². The van der Waals surface area contributed by atoms with Crippen molar-refractivity contribution in [3.63, 3.8) is 0 Å². The van der Waals surface area contributed by atoms with E-state index in [0.717, 1.165) is 22.6 Å². The third-order valence-electron chi connectivity index (χ3n) is 4.76. The second-order valence-electron chi connectivity index (χ2n) is 7.55. The molecular formula is C24H28N4O4. The zero-order valence-corrected chi connectivity index (χ0v) is 18.6. The lowest BCUT2D eigenvalue weighted by molar-refractivity contribution is -0.121. The maximum atomic E-state index is 12.4. The fraction of sp³-hybridized carbons (Fsp3) is 0.333. The summed E-state index contributed by atoms with van der Waals surface area (Å²) in [6, 6.07) is 14.9. The van der Waals surface area contributed by atoms with Gasteiger partial charge in [-0.3, -0.25) is 9.59 Å². The lowest BCUT2D eigenvalue weighted by Gasteiger charge is -2.10. The predicted octanol–water partition coefficient (Wildman–Crippen LogP) is 2.92. The summed E-state index contributed by atoms with van der Waals surface area (Å²) in [4.78, 5) is 27.3. The molecule has 0 aliphatic carbocycles. The maximum absolute atomic E-state index is 12.4. The SMILES string of the molecule is COc1ccccc1CCNC(=O)CCc1nnc(-c2ccc(OC(C)C)cc2)[nH]c1=O. The summed E-state index contributed by atoms with van der Waals surface area (Å²) in [7, 11) is 1.62. The highest BCUT2D eigenvalue weighted by Gasteiger charge is 2.10. The van der Waals surface area contributed by atoms with E-state index in [1.807, 2.05) is 62.4 Å². The lowest BCUT2D eigenvalue weighted by Crippen LogP contribution is -2.27. The topological polar surface area (TPSA) is 106 Å². The Balaban J connectivity index is 1.51. The molecule has 0 aliphatic heterocycles. The van der Waals surface area contributed by atoms with Crippen LogP contribution in [0.15, 0.2) is 53.3 Å². The first-order valence-electron chi connectivity index (χ1n) is 10.6. The number of benzene rings is 2. The van der Waals surface area contributed by atoms with Crippen LogP contribution >= 0.6 is 0 Å². The number of aryl methyl sites for hydroxylation is 1. The molecular weight excluding hydrogens is 408 g/mol. The van der Waals surface area contributed by atoms with Crippen molar-refractivity contribution >= 4 is 5.91 Å². The zero-order chi connectivity index (χ0) is 22.9. The molecule has 1 amide bonds. The third-order valence-corrected chi connectivity index (χ3v) is 4.76. The number of nitrogens with one attached hydrogen (secondary N) is 2. The van der Waals surface area contributed by atoms with E-state index in [2.05, 4.69) is 20.5 Å². The Hall–Kier alpha value is -3.68. The molecule has 8 heteroatoms. The number of hydrogen-bond acceptors (Lipinski definition) is 6. The average molecular weight is 437 g/mol. The fourth-order valence-electron chi connectivity index (χ4n) is 3.18. The number of amides is 1. The van der Waals surface area contributed by atoms with Crippen molar-refractivity contribution in [2.24, 2.45) is 0 Å².